The molecule has 1 heterocycles. The predicted molar refractivity (Wildman–Crippen MR) is 81.1 cm³/mol. The number of aliphatic carboxylic acids is 1. The summed E-state index contributed by atoms with van der Waals surface area (Å²) in [6.07, 6.45) is 5.35. The topological polar surface area (TPSA) is 67.2 Å². The van der Waals surface area contributed by atoms with E-state index in [1.807, 2.05) is 29.1 Å². The number of benzene rings is 1. The fraction of sp³-hybridized carbons (Fsp3) is 0.500. The molecule has 1 aromatic heterocycles. The predicted octanol–water partition coefficient (Wildman–Crippen LogP) is 2.27. The van der Waals surface area contributed by atoms with E-state index in [0.717, 1.165) is 36.7 Å². The third-order valence-corrected chi connectivity index (χ3v) is 4.89. The largest absolute Gasteiger partial charge is 0.480 e. The van der Waals surface area contributed by atoms with E-state index in [0.29, 0.717) is 6.42 Å². The molecule has 3 rings (SSSR count). The molecule has 0 radical (unpaired) electrons. The Bertz CT molecular complexity index is 652. The second kappa shape index (κ2) is 5.48. The number of carboxylic acid groups (broad SMARTS) is 1. The molecule has 112 valence electrons. The van der Waals surface area contributed by atoms with E-state index in [2.05, 4.69) is 16.5 Å². The Hall–Kier alpha value is -1.88. The second-order valence-corrected chi connectivity index (χ2v) is 5.83. The maximum absolute atomic E-state index is 11.7. The van der Waals surface area contributed by atoms with Crippen LogP contribution in [-0.2, 0) is 11.3 Å². The Labute approximate surface area is 124 Å². The van der Waals surface area contributed by atoms with Gasteiger partial charge in [-0.2, -0.15) is 5.10 Å². The molecule has 2 atom stereocenters. The fourth-order valence-electron chi connectivity index (χ4n) is 3.67. The van der Waals surface area contributed by atoms with Gasteiger partial charge in [-0.3, -0.25) is 9.48 Å². The van der Waals surface area contributed by atoms with Gasteiger partial charge >= 0.3 is 5.97 Å². The van der Waals surface area contributed by atoms with Crippen LogP contribution in [0.25, 0.3) is 10.9 Å². The number of hydrogen-bond acceptors (Lipinski definition) is 3. The fourth-order valence-corrected chi connectivity index (χ4v) is 3.67. The molecule has 1 aliphatic carbocycles. The number of nitrogens with one attached hydrogen (secondary N) is 1. The Morgan fingerprint density at radius 3 is 3.10 bits per heavy atom. The average Bonchev–Trinajstić information content (AvgIpc) is 3.09. The Kier molecular flexibility index (Phi) is 3.68. The zero-order valence-electron chi connectivity index (χ0n) is 12.2. The molecule has 5 nitrogen and oxygen atoms in total. The van der Waals surface area contributed by atoms with Crippen LogP contribution in [0.15, 0.2) is 30.5 Å². The van der Waals surface area contributed by atoms with E-state index in [1.165, 1.54) is 0 Å². The van der Waals surface area contributed by atoms with E-state index in [9.17, 15) is 9.90 Å². The second-order valence-electron chi connectivity index (χ2n) is 5.83. The summed E-state index contributed by atoms with van der Waals surface area (Å²) in [6.45, 7) is 0.759. The number of hydrogen-bond donors (Lipinski definition) is 2. The summed E-state index contributed by atoms with van der Waals surface area (Å²) in [4.78, 5) is 11.7. The van der Waals surface area contributed by atoms with Crippen LogP contribution < -0.4 is 5.32 Å². The highest BCUT2D eigenvalue weighted by Gasteiger charge is 2.47. The first kappa shape index (κ1) is 14.1. The lowest BCUT2D eigenvalue weighted by Gasteiger charge is -2.31. The molecule has 2 aromatic rings. The summed E-state index contributed by atoms with van der Waals surface area (Å²) in [6, 6.07) is 8.11. The van der Waals surface area contributed by atoms with Gasteiger partial charge in [0.15, 0.2) is 0 Å². The SMILES string of the molecule is CNC1(C(=O)O)CCCC1CCn1ncc2ccccc21. The van der Waals surface area contributed by atoms with Crippen molar-refractivity contribution in [3.05, 3.63) is 30.5 Å². The van der Waals surface area contributed by atoms with Crippen LogP contribution in [0.2, 0.25) is 0 Å². The highest BCUT2D eigenvalue weighted by atomic mass is 16.4. The quantitative estimate of drug-likeness (QED) is 0.885. The zero-order chi connectivity index (χ0) is 14.9. The highest BCUT2D eigenvalue weighted by Crippen LogP contribution is 2.38. The maximum Gasteiger partial charge on any atom is 0.324 e. The van der Waals surface area contributed by atoms with Gasteiger partial charge in [0.25, 0.3) is 0 Å². The van der Waals surface area contributed by atoms with E-state index < -0.39 is 11.5 Å². The van der Waals surface area contributed by atoms with Crippen LogP contribution in [0.1, 0.15) is 25.7 Å². The minimum absolute atomic E-state index is 0.156. The van der Waals surface area contributed by atoms with Crippen molar-refractivity contribution >= 4 is 16.9 Å². The van der Waals surface area contributed by atoms with Gasteiger partial charge in [0.05, 0.1) is 11.7 Å². The molecule has 2 N–H and O–H groups in total. The number of rotatable bonds is 5. The van der Waals surface area contributed by atoms with Crippen molar-refractivity contribution in [1.29, 1.82) is 0 Å². The minimum Gasteiger partial charge on any atom is -0.480 e. The third kappa shape index (κ3) is 2.31. The van der Waals surface area contributed by atoms with Crippen LogP contribution in [0.5, 0.6) is 0 Å². The van der Waals surface area contributed by atoms with Gasteiger partial charge in [0.2, 0.25) is 0 Å². The molecule has 1 aliphatic rings. The van der Waals surface area contributed by atoms with E-state index in [4.69, 9.17) is 0 Å². The van der Waals surface area contributed by atoms with Gasteiger partial charge in [-0.25, -0.2) is 0 Å². The highest BCUT2D eigenvalue weighted by molar-refractivity contribution is 5.80. The van der Waals surface area contributed by atoms with Crippen LogP contribution in [0.4, 0.5) is 0 Å². The molecule has 0 saturated heterocycles. The Morgan fingerprint density at radius 2 is 2.33 bits per heavy atom. The average molecular weight is 287 g/mol. The van der Waals surface area contributed by atoms with Gasteiger partial charge in [-0.15, -0.1) is 0 Å². The third-order valence-electron chi connectivity index (χ3n) is 4.89. The maximum atomic E-state index is 11.7. The summed E-state index contributed by atoms with van der Waals surface area (Å²) in [5.41, 5.74) is 0.351. The molecule has 1 saturated carbocycles. The van der Waals surface area contributed by atoms with Crippen molar-refractivity contribution in [2.75, 3.05) is 7.05 Å². The molecule has 0 bridgehead atoms. The number of carbonyl (C=O) groups is 1. The molecule has 21 heavy (non-hydrogen) atoms. The Balaban J connectivity index is 1.76. The summed E-state index contributed by atoms with van der Waals surface area (Å²) in [7, 11) is 1.76. The zero-order valence-corrected chi connectivity index (χ0v) is 12.2. The number of aryl methyl sites for hydroxylation is 1. The van der Waals surface area contributed by atoms with Crippen LogP contribution >= 0.6 is 0 Å². The van der Waals surface area contributed by atoms with Gasteiger partial charge in [-0.1, -0.05) is 24.6 Å². The van der Waals surface area contributed by atoms with Crippen LogP contribution in [0, 0.1) is 5.92 Å². The standard InChI is InChI=1S/C16H21N3O2/c1-17-16(15(20)21)9-4-6-13(16)8-10-19-14-7-3-2-5-12(14)11-18-19/h2-3,5,7,11,13,17H,4,6,8-10H2,1H3,(H,20,21). The molecule has 0 amide bonds. The van der Waals surface area contributed by atoms with Gasteiger partial charge in [0, 0.05) is 11.9 Å². The number of fused-ring (bicyclic) bond motifs is 1. The van der Waals surface area contributed by atoms with E-state index in [-0.39, 0.29) is 5.92 Å². The first-order valence-corrected chi connectivity index (χ1v) is 7.50. The lowest BCUT2D eigenvalue weighted by molar-refractivity contribution is -0.146. The number of aromatic nitrogens is 2. The monoisotopic (exact) mass is 287 g/mol. The van der Waals surface area contributed by atoms with Gasteiger partial charge in [-0.05, 0) is 38.3 Å². The molecule has 1 aromatic carbocycles. The lowest BCUT2D eigenvalue weighted by Crippen LogP contribution is -2.53. The van der Waals surface area contributed by atoms with Crippen molar-refractivity contribution in [2.24, 2.45) is 5.92 Å². The first-order chi connectivity index (χ1) is 10.2. The number of carboxylic acids is 1. The van der Waals surface area contributed by atoms with Crippen molar-refractivity contribution in [3.8, 4) is 0 Å². The summed E-state index contributed by atoms with van der Waals surface area (Å²) in [5, 5.41) is 18.2. The van der Waals surface area contributed by atoms with Crippen molar-refractivity contribution in [3.63, 3.8) is 0 Å². The molecular formula is C16H21N3O2. The number of nitrogens with zero attached hydrogens (tertiary/aromatic N) is 2. The molecule has 0 spiro atoms. The molecule has 0 aliphatic heterocycles. The molecule has 5 heteroatoms. The van der Waals surface area contributed by atoms with E-state index in [1.54, 1.807) is 7.05 Å². The normalized spacial score (nSPS) is 25.5. The first-order valence-electron chi connectivity index (χ1n) is 7.50. The summed E-state index contributed by atoms with van der Waals surface area (Å²) >= 11 is 0. The summed E-state index contributed by atoms with van der Waals surface area (Å²) in [5.74, 6) is -0.569. The van der Waals surface area contributed by atoms with Crippen molar-refractivity contribution in [1.82, 2.24) is 15.1 Å². The Morgan fingerprint density at radius 1 is 1.52 bits per heavy atom. The van der Waals surface area contributed by atoms with Gasteiger partial charge in [0.1, 0.15) is 5.54 Å². The minimum atomic E-state index is -0.761. The number of likely N-dealkylation sites (N-methyl/N-ethyl adjacent to an activating group) is 1. The van der Waals surface area contributed by atoms with Crippen LogP contribution in [-0.4, -0.2) is 33.4 Å². The van der Waals surface area contributed by atoms with Gasteiger partial charge < -0.3 is 10.4 Å². The van der Waals surface area contributed by atoms with Crippen LogP contribution in [0.3, 0.4) is 0 Å². The molecule has 1 fully saturated rings. The summed E-state index contributed by atoms with van der Waals surface area (Å²) < 4.78 is 1.98. The lowest BCUT2D eigenvalue weighted by atomic mass is 9.85. The van der Waals surface area contributed by atoms with Crippen molar-refractivity contribution < 1.29 is 9.90 Å². The molecule has 2 unspecified atom stereocenters. The number of para-hydroxylation sites is 1. The van der Waals surface area contributed by atoms with Crippen molar-refractivity contribution in [2.45, 2.75) is 37.8 Å². The molecular weight excluding hydrogens is 266 g/mol. The smallest absolute Gasteiger partial charge is 0.324 e. The van der Waals surface area contributed by atoms with E-state index >= 15 is 0 Å².